The highest BCUT2D eigenvalue weighted by Crippen LogP contribution is 2.31. The molecule has 1 unspecified atom stereocenters. The molecule has 1 atom stereocenters. The Bertz CT molecular complexity index is 1180. The number of rotatable bonds is 5. The van der Waals surface area contributed by atoms with Crippen LogP contribution in [-0.4, -0.2) is 65.6 Å². The van der Waals surface area contributed by atoms with E-state index in [4.69, 9.17) is 16.3 Å². The summed E-state index contributed by atoms with van der Waals surface area (Å²) >= 11 is 7.30. The van der Waals surface area contributed by atoms with E-state index in [0.29, 0.717) is 34.7 Å². The van der Waals surface area contributed by atoms with Gasteiger partial charge in [-0.2, -0.15) is 13.1 Å². The van der Waals surface area contributed by atoms with Crippen molar-refractivity contribution >= 4 is 50.4 Å². The molecule has 0 aliphatic carbocycles. The van der Waals surface area contributed by atoms with Crippen molar-refractivity contribution in [3.05, 3.63) is 53.1 Å². The van der Waals surface area contributed by atoms with Crippen molar-refractivity contribution in [2.45, 2.75) is 10.9 Å². The van der Waals surface area contributed by atoms with Crippen LogP contribution in [0.4, 0.5) is 0 Å². The molecule has 158 valence electrons. The molecule has 0 N–H and O–H groups in total. The lowest BCUT2D eigenvalue weighted by atomic mass is 10.0. The molecule has 0 spiro atoms. The zero-order valence-corrected chi connectivity index (χ0v) is 18.5. The lowest BCUT2D eigenvalue weighted by molar-refractivity contribution is -0.147. The van der Waals surface area contributed by atoms with Gasteiger partial charge in [0, 0.05) is 31.2 Å². The van der Waals surface area contributed by atoms with E-state index in [2.05, 4.69) is 8.75 Å². The van der Waals surface area contributed by atoms with Crippen LogP contribution in [0.15, 0.2) is 47.4 Å². The Morgan fingerprint density at radius 2 is 1.83 bits per heavy atom. The quantitative estimate of drug-likeness (QED) is 0.533. The van der Waals surface area contributed by atoms with Crippen LogP contribution in [-0.2, 0) is 19.6 Å². The minimum absolute atomic E-state index is 0.151. The minimum atomic E-state index is -3.74. The summed E-state index contributed by atoms with van der Waals surface area (Å²) in [5.74, 6) is -0.433. The maximum atomic E-state index is 13.2. The first-order chi connectivity index (χ1) is 14.4. The number of ether oxygens (including phenoxy) is 1. The van der Waals surface area contributed by atoms with E-state index in [1.54, 1.807) is 42.5 Å². The van der Waals surface area contributed by atoms with Crippen molar-refractivity contribution < 1.29 is 17.9 Å². The van der Waals surface area contributed by atoms with Crippen LogP contribution in [0.2, 0.25) is 5.02 Å². The molecule has 1 aliphatic rings. The van der Waals surface area contributed by atoms with E-state index in [0.717, 1.165) is 11.7 Å². The van der Waals surface area contributed by atoms with E-state index in [1.807, 2.05) is 4.90 Å². The van der Waals surface area contributed by atoms with E-state index in [1.165, 1.54) is 11.4 Å². The second-order valence-electron chi connectivity index (χ2n) is 6.78. The van der Waals surface area contributed by atoms with Crippen molar-refractivity contribution in [2.75, 3.05) is 33.3 Å². The van der Waals surface area contributed by atoms with Crippen LogP contribution in [0.1, 0.15) is 11.6 Å². The molecule has 0 saturated carbocycles. The first-order valence-corrected chi connectivity index (χ1v) is 11.8. The number of sulfonamides is 1. The maximum absolute atomic E-state index is 13.2. The zero-order valence-electron chi connectivity index (χ0n) is 16.1. The molecule has 2 aromatic carbocycles. The number of esters is 1. The third-order valence-corrected chi connectivity index (χ3v) is 7.95. The Hall–Kier alpha value is -2.11. The van der Waals surface area contributed by atoms with Gasteiger partial charge in [-0.15, -0.1) is 0 Å². The highest BCUT2D eigenvalue weighted by atomic mass is 35.5. The summed E-state index contributed by atoms with van der Waals surface area (Å²) < 4.78 is 41.1. The lowest BCUT2D eigenvalue weighted by Gasteiger charge is -2.37. The molecule has 1 saturated heterocycles. The lowest BCUT2D eigenvalue weighted by Crippen LogP contribution is -2.51. The van der Waals surface area contributed by atoms with Crippen LogP contribution in [0, 0.1) is 0 Å². The molecule has 8 nitrogen and oxygen atoms in total. The summed E-state index contributed by atoms with van der Waals surface area (Å²) in [4.78, 5) is 14.6. The number of benzene rings is 2. The van der Waals surface area contributed by atoms with Gasteiger partial charge in [-0.3, -0.25) is 4.90 Å². The van der Waals surface area contributed by atoms with Gasteiger partial charge in [0.15, 0.2) is 0 Å². The van der Waals surface area contributed by atoms with Gasteiger partial charge in [-0.25, -0.2) is 13.2 Å². The molecule has 1 aromatic heterocycles. The second kappa shape index (κ2) is 8.56. The van der Waals surface area contributed by atoms with Crippen LogP contribution >= 0.6 is 23.3 Å². The number of halogens is 1. The Kier molecular flexibility index (Phi) is 6.03. The normalized spacial score (nSPS) is 17.1. The molecule has 0 amide bonds. The number of hydrogen-bond acceptors (Lipinski definition) is 8. The van der Waals surface area contributed by atoms with Crippen LogP contribution in [0.5, 0.6) is 0 Å². The summed E-state index contributed by atoms with van der Waals surface area (Å²) in [5, 5.41) is 0.464. The van der Waals surface area contributed by atoms with Gasteiger partial charge < -0.3 is 4.74 Å². The monoisotopic (exact) mass is 466 g/mol. The third kappa shape index (κ3) is 3.81. The van der Waals surface area contributed by atoms with Crippen LogP contribution in [0.25, 0.3) is 11.0 Å². The smallest absolute Gasteiger partial charge is 0.327 e. The molecule has 1 aliphatic heterocycles. The molecule has 4 rings (SSSR count). The third-order valence-electron chi connectivity index (χ3n) is 5.13. The molecule has 0 bridgehead atoms. The summed E-state index contributed by atoms with van der Waals surface area (Å²) in [6.07, 6.45) is 0. The Morgan fingerprint density at radius 1 is 1.10 bits per heavy atom. The summed E-state index contributed by atoms with van der Waals surface area (Å²) in [6.45, 7) is 1.17. The van der Waals surface area contributed by atoms with Gasteiger partial charge >= 0.3 is 5.97 Å². The summed E-state index contributed by atoms with van der Waals surface area (Å²) in [5.41, 5.74) is 1.58. The van der Waals surface area contributed by atoms with Crippen LogP contribution in [0.3, 0.4) is 0 Å². The number of aromatic nitrogens is 2. The predicted molar refractivity (Wildman–Crippen MR) is 114 cm³/mol. The molecule has 3 aromatic rings. The number of carbonyl (C=O) groups excluding carboxylic acids is 1. The number of fused-ring (bicyclic) bond motifs is 1. The fraction of sp³-hybridized carbons (Fsp3) is 0.316. The summed E-state index contributed by atoms with van der Waals surface area (Å²) in [6, 6.07) is 11.3. The average molecular weight is 467 g/mol. The van der Waals surface area contributed by atoms with E-state index in [9.17, 15) is 13.2 Å². The highest BCUT2D eigenvalue weighted by Gasteiger charge is 2.36. The Morgan fingerprint density at radius 3 is 2.53 bits per heavy atom. The van der Waals surface area contributed by atoms with E-state index < -0.39 is 22.0 Å². The van der Waals surface area contributed by atoms with Crippen molar-refractivity contribution in [2.24, 2.45) is 0 Å². The van der Waals surface area contributed by atoms with Gasteiger partial charge in [0.1, 0.15) is 22.0 Å². The standard InChI is InChI=1S/C19H19ClN4O4S2/c1-28-19(25)18(13-5-2-3-6-14(13)20)23-9-11-24(12-10-23)30(26,27)16-8-4-7-15-17(16)22-29-21-15/h2-8,18H,9-12H2,1H3. The highest BCUT2D eigenvalue weighted by molar-refractivity contribution is 7.89. The molecule has 0 radical (unpaired) electrons. The first kappa shape index (κ1) is 21.1. The van der Waals surface area contributed by atoms with E-state index in [-0.39, 0.29) is 18.0 Å². The molecule has 1 fully saturated rings. The number of carbonyl (C=O) groups is 1. The Labute approximate surface area is 183 Å². The fourth-order valence-corrected chi connectivity index (χ4v) is 6.03. The van der Waals surface area contributed by atoms with Crippen molar-refractivity contribution in [3.63, 3.8) is 0 Å². The molecular formula is C19H19ClN4O4S2. The van der Waals surface area contributed by atoms with Crippen LogP contribution < -0.4 is 0 Å². The van der Waals surface area contributed by atoms with Gasteiger partial charge in [-0.1, -0.05) is 35.9 Å². The number of nitrogens with zero attached hydrogens (tertiary/aromatic N) is 4. The minimum Gasteiger partial charge on any atom is -0.468 e. The molecule has 30 heavy (non-hydrogen) atoms. The van der Waals surface area contributed by atoms with Crippen molar-refractivity contribution in [1.82, 2.24) is 18.0 Å². The number of hydrogen-bond donors (Lipinski definition) is 0. The SMILES string of the molecule is COC(=O)C(c1ccccc1Cl)N1CCN(S(=O)(=O)c2cccc3nsnc23)CC1. The van der Waals surface area contributed by atoms with Crippen molar-refractivity contribution in [1.29, 1.82) is 0 Å². The molecule has 2 heterocycles. The van der Waals surface area contributed by atoms with Gasteiger partial charge in [0.2, 0.25) is 10.0 Å². The Balaban J connectivity index is 1.57. The number of piperazine rings is 1. The predicted octanol–water partition coefficient (Wildman–Crippen LogP) is 2.57. The molecular weight excluding hydrogens is 448 g/mol. The van der Waals surface area contributed by atoms with Gasteiger partial charge in [0.25, 0.3) is 0 Å². The fourth-order valence-electron chi connectivity index (χ4n) is 3.61. The maximum Gasteiger partial charge on any atom is 0.327 e. The molecule has 11 heteroatoms. The van der Waals surface area contributed by atoms with Gasteiger partial charge in [-0.05, 0) is 23.8 Å². The van der Waals surface area contributed by atoms with E-state index >= 15 is 0 Å². The first-order valence-electron chi connectivity index (χ1n) is 9.21. The zero-order chi connectivity index (χ0) is 21.3. The van der Waals surface area contributed by atoms with Crippen molar-refractivity contribution in [3.8, 4) is 0 Å². The second-order valence-corrected chi connectivity index (χ2v) is 9.62. The average Bonchev–Trinajstić information content (AvgIpc) is 3.24. The topological polar surface area (TPSA) is 92.7 Å². The summed E-state index contributed by atoms with van der Waals surface area (Å²) in [7, 11) is -2.41. The van der Waals surface area contributed by atoms with Gasteiger partial charge in [0.05, 0.1) is 18.8 Å². The largest absolute Gasteiger partial charge is 0.468 e. The number of methoxy groups -OCH3 is 1.